The second-order valence-corrected chi connectivity index (χ2v) is 13.5. The van der Waals surface area contributed by atoms with E-state index in [1.165, 1.54) is 0 Å². The van der Waals surface area contributed by atoms with Gasteiger partial charge in [0.25, 0.3) is 0 Å². The predicted octanol–water partition coefficient (Wildman–Crippen LogP) is 14.5. The molecule has 0 aliphatic carbocycles. The summed E-state index contributed by atoms with van der Waals surface area (Å²) < 4.78 is 185. The summed E-state index contributed by atoms with van der Waals surface area (Å²) in [6, 6.07) is 17.7. The van der Waals surface area contributed by atoms with Gasteiger partial charge in [0.2, 0.25) is 0 Å². The van der Waals surface area contributed by atoms with E-state index in [1.807, 2.05) is 6.92 Å². The first kappa shape index (κ1) is 40.7. The number of alkyl halides is 2. The predicted molar refractivity (Wildman–Crippen MR) is 198 cm³/mol. The molecule has 0 bridgehead atoms. The lowest BCUT2D eigenvalue weighted by atomic mass is 9.94. The van der Waals surface area contributed by atoms with Gasteiger partial charge in [-0.15, -0.1) is 0 Å². The molecule has 0 fully saturated rings. The van der Waals surface area contributed by atoms with E-state index in [4.69, 9.17) is 4.74 Å². The third-order valence-electron chi connectivity index (χ3n) is 9.48. The molecule has 0 aliphatic heterocycles. The summed E-state index contributed by atoms with van der Waals surface area (Å²) in [4.78, 5) is 0. The molecule has 0 saturated heterocycles. The molecule has 7 rings (SSSR count). The largest absolute Gasteiger partial charge is 0.432 e. The van der Waals surface area contributed by atoms with Gasteiger partial charge in [-0.3, -0.25) is 0 Å². The lowest BCUT2D eigenvalue weighted by molar-refractivity contribution is -0.189. The molecular weight excluding hydrogens is 796 g/mol. The maximum atomic E-state index is 15.9. The maximum absolute atomic E-state index is 15.9. The number of ether oxygens (including phenoxy) is 1. The average molecular weight is 823 g/mol. The second-order valence-electron chi connectivity index (χ2n) is 13.5. The average Bonchev–Trinajstić information content (AvgIpc) is 3.16. The van der Waals surface area contributed by atoms with E-state index in [0.717, 1.165) is 48.7 Å². The first-order valence-corrected chi connectivity index (χ1v) is 17.7. The standard InChI is InChI=1S/C46H26F12O/c1-2-3-23-4-6-24(7-5-23)29-21-41(55)45(42(56)22-29)46(57,58)59-32-13-27(30-17-37(51)43(38(52)18-30)25-8-10-33(47)35(49)15-25)12-28(14-32)31-19-39(53)44(40(54)20-31)26-9-11-34(48)36(50)16-26/h4-22H,2-3H2,1H3. The fraction of sp³-hybridized carbons (Fsp3) is 0.0870. The Labute approximate surface area is 328 Å². The Bertz CT molecular complexity index is 2550. The van der Waals surface area contributed by atoms with Crippen LogP contribution in [0.5, 0.6) is 5.75 Å². The summed E-state index contributed by atoms with van der Waals surface area (Å²) >= 11 is 0. The van der Waals surface area contributed by atoms with Crippen LogP contribution in [0.1, 0.15) is 24.5 Å². The Morgan fingerprint density at radius 2 is 0.729 bits per heavy atom. The number of hydrogen-bond acceptors (Lipinski definition) is 1. The zero-order valence-electron chi connectivity index (χ0n) is 30.3. The van der Waals surface area contributed by atoms with Crippen LogP contribution in [-0.2, 0) is 12.5 Å². The molecule has 0 unspecified atom stereocenters. The lowest BCUT2D eigenvalue weighted by Crippen LogP contribution is -2.25. The van der Waals surface area contributed by atoms with Crippen LogP contribution in [0, 0.1) is 58.2 Å². The SMILES string of the molecule is CCCc1ccc(-c2cc(F)c(C(F)(F)Oc3cc(-c4cc(F)c(-c5ccc(F)c(F)c5)c(F)c4)cc(-c4cc(F)c(-c5ccc(F)c(F)c5)c(F)c4)c3)c(F)c2)cc1. The molecule has 0 spiro atoms. The van der Waals surface area contributed by atoms with Crippen LogP contribution < -0.4 is 4.74 Å². The van der Waals surface area contributed by atoms with Crippen LogP contribution in [0.4, 0.5) is 52.7 Å². The normalized spacial score (nSPS) is 11.6. The van der Waals surface area contributed by atoms with E-state index in [1.54, 1.807) is 24.3 Å². The smallest absolute Gasteiger partial charge is 0.429 e. The van der Waals surface area contributed by atoms with Crippen LogP contribution in [-0.4, -0.2) is 0 Å². The van der Waals surface area contributed by atoms with E-state index in [2.05, 4.69) is 0 Å². The molecule has 7 aromatic carbocycles. The van der Waals surface area contributed by atoms with Crippen molar-refractivity contribution in [3.63, 3.8) is 0 Å². The van der Waals surface area contributed by atoms with Crippen molar-refractivity contribution in [1.82, 2.24) is 0 Å². The van der Waals surface area contributed by atoms with E-state index < -0.39 is 97.8 Å². The molecule has 1 nitrogen and oxygen atoms in total. The van der Waals surface area contributed by atoms with Gasteiger partial charge >= 0.3 is 6.11 Å². The van der Waals surface area contributed by atoms with Gasteiger partial charge in [-0.25, -0.2) is 43.9 Å². The molecule has 0 saturated carbocycles. The van der Waals surface area contributed by atoms with Crippen molar-refractivity contribution in [2.45, 2.75) is 25.9 Å². The van der Waals surface area contributed by atoms with Gasteiger partial charge in [0.05, 0.1) is 11.1 Å². The Morgan fingerprint density at radius 1 is 0.373 bits per heavy atom. The number of benzene rings is 7. The minimum absolute atomic E-state index is 0.0568. The lowest BCUT2D eigenvalue weighted by Gasteiger charge is -2.21. The van der Waals surface area contributed by atoms with Crippen molar-refractivity contribution >= 4 is 0 Å². The molecular formula is C46H26F12O. The second kappa shape index (κ2) is 16.0. The van der Waals surface area contributed by atoms with Gasteiger partial charge in [-0.2, -0.15) is 8.78 Å². The van der Waals surface area contributed by atoms with Crippen molar-refractivity contribution in [3.8, 4) is 61.4 Å². The maximum Gasteiger partial charge on any atom is 0.432 e. The highest BCUT2D eigenvalue weighted by molar-refractivity contribution is 5.79. The van der Waals surface area contributed by atoms with Gasteiger partial charge in [0.1, 0.15) is 46.2 Å². The van der Waals surface area contributed by atoms with Crippen LogP contribution in [0.25, 0.3) is 55.6 Å². The van der Waals surface area contributed by atoms with Crippen LogP contribution in [0.15, 0.2) is 115 Å². The summed E-state index contributed by atoms with van der Waals surface area (Å²) in [5.74, 6) is -14.9. The molecule has 7 aromatic rings. The quantitative estimate of drug-likeness (QED) is 0.125. The number of rotatable bonds is 10. The Morgan fingerprint density at radius 3 is 1.14 bits per heavy atom. The summed E-state index contributed by atoms with van der Waals surface area (Å²) in [5.41, 5.74) is -4.32. The van der Waals surface area contributed by atoms with Crippen molar-refractivity contribution in [2.75, 3.05) is 0 Å². The highest BCUT2D eigenvalue weighted by atomic mass is 19.3. The number of aryl methyl sites for hydroxylation is 1. The molecule has 0 N–H and O–H groups in total. The summed E-state index contributed by atoms with van der Waals surface area (Å²) in [6.45, 7) is 1.96. The molecule has 0 aromatic heterocycles. The van der Waals surface area contributed by atoms with Gasteiger partial charge in [0.15, 0.2) is 23.3 Å². The Balaban J connectivity index is 1.33. The fourth-order valence-electron chi connectivity index (χ4n) is 6.70. The molecule has 0 amide bonds. The minimum atomic E-state index is -4.77. The van der Waals surface area contributed by atoms with E-state index in [-0.39, 0.29) is 27.8 Å². The summed E-state index contributed by atoms with van der Waals surface area (Å²) in [6.07, 6.45) is -3.18. The van der Waals surface area contributed by atoms with E-state index >= 15 is 35.1 Å². The van der Waals surface area contributed by atoms with Crippen LogP contribution >= 0.6 is 0 Å². The topological polar surface area (TPSA) is 9.23 Å². The Hall–Kier alpha value is -6.50. The minimum Gasteiger partial charge on any atom is -0.429 e. The van der Waals surface area contributed by atoms with E-state index in [9.17, 15) is 17.6 Å². The Kier molecular flexibility index (Phi) is 11.1. The first-order valence-electron chi connectivity index (χ1n) is 17.7. The van der Waals surface area contributed by atoms with Crippen molar-refractivity contribution < 1.29 is 57.4 Å². The highest BCUT2D eigenvalue weighted by Crippen LogP contribution is 2.42. The molecule has 59 heavy (non-hydrogen) atoms. The monoisotopic (exact) mass is 822 g/mol. The number of hydrogen-bond donors (Lipinski definition) is 0. The van der Waals surface area contributed by atoms with Gasteiger partial charge < -0.3 is 4.74 Å². The number of halogens is 12. The molecule has 0 radical (unpaired) electrons. The van der Waals surface area contributed by atoms with Crippen molar-refractivity contribution in [1.29, 1.82) is 0 Å². The van der Waals surface area contributed by atoms with Crippen LogP contribution in [0.2, 0.25) is 0 Å². The molecule has 13 heteroatoms. The molecule has 0 aliphatic rings. The highest BCUT2D eigenvalue weighted by Gasteiger charge is 2.41. The van der Waals surface area contributed by atoms with Gasteiger partial charge in [0, 0.05) is 0 Å². The van der Waals surface area contributed by atoms with E-state index in [0.29, 0.717) is 66.2 Å². The molecule has 300 valence electrons. The van der Waals surface area contributed by atoms with Crippen molar-refractivity contribution in [2.24, 2.45) is 0 Å². The summed E-state index contributed by atoms with van der Waals surface area (Å²) in [5, 5.41) is 0. The molecule has 0 atom stereocenters. The van der Waals surface area contributed by atoms with Gasteiger partial charge in [-0.05, 0) is 135 Å². The fourth-order valence-corrected chi connectivity index (χ4v) is 6.70. The zero-order valence-corrected chi connectivity index (χ0v) is 30.3. The van der Waals surface area contributed by atoms with Crippen molar-refractivity contribution in [3.05, 3.63) is 185 Å². The summed E-state index contributed by atoms with van der Waals surface area (Å²) in [7, 11) is 0. The van der Waals surface area contributed by atoms with Gasteiger partial charge in [-0.1, -0.05) is 49.7 Å². The third-order valence-corrected chi connectivity index (χ3v) is 9.48. The zero-order chi connectivity index (χ0) is 42.3. The third kappa shape index (κ3) is 8.27. The van der Waals surface area contributed by atoms with Crippen LogP contribution in [0.3, 0.4) is 0 Å². The first-order chi connectivity index (χ1) is 28.0. The molecule has 0 heterocycles.